The number of hydrogen-bond acceptors (Lipinski definition) is 6. The molecule has 0 aromatic carbocycles. The van der Waals surface area contributed by atoms with Crippen molar-refractivity contribution in [3.63, 3.8) is 0 Å². The van der Waals surface area contributed by atoms with Gasteiger partial charge in [-0.1, -0.05) is 13.8 Å². The van der Waals surface area contributed by atoms with Crippen LogP contribution in [-0.4, -0.2) is 24.8 Å². The largest absolute Gasteiger partial charge is 0.438 e. The maximum atomic E-state index is 12.2. The first-order chi connectivity index (χ1) is 11.0. The van der Waals surface area contributed by atoms with Crippen molar-refractivity contribution in [3.05, 3.63) is 29.0 Å². The SMILES string of the molecule is CC(C)c1csc(NC(=O)c2ccc(S(=O)(=O)NC(C)(C)C)o2)n1. The van der Waals surface area contributed by atoms with E-state index in [9.17, 15) is 13.2 Å². The molecule has 2 aromatic heterocycles. The molecular weight excluding hydrogens is 350 g/mol. The van der Waals surface area contributed by atoms with Crippen LogP contribution in [0.15, 0.2) is 27.0 Å². The number of nitrogens with zero attached hydrogens (tertiary/aromatic N) is 1. The van der Waals surface area contributed by atoms with Crippen molar-refractivity contribution in [2.75, 3.05) is 5.32 Å². The molecule has 0 saturated carbocycles. The van der Waals surface area contributed by atoms with Crippen LogP contribution in [0.5, 0.6) is 0 Å². The molecule has 2 N–H and O–H groups in total. The molecule has 132 valence electrons. The van der Waals surface area contributed by atoms with Crippen LogP contribution in [0.3, 0.4) is 0 Å². The highest BCUT2D eigenvalue weighted by molar-refractivity contribution is 7.89. The lowest BCUT2D eigenvalue weighted by atomic mass is 10.1. The average molecular weight is 371 g/mol. The number of furan rings is 1. The summed E-state index contributed by atoms with van der Waals surface area (Å²) in [5.41, 5.74) is 0.231. The maximum Gasteiger partial charge on any atom is 0.293 e. The predicted molar refractivity (Wildman–Crippen MR) is 92.9 cm³/mol. The standard InChI is InChI=1S/C15H21N3O4S2/c1-9(2)10-8-23-14(16-10)17-13(19)11-6-7-12(22-11)24(20,21)18-15(3,4)5/h6-9,18H,1-5H3,(H,16,17,19). The van der Waals surface area contributed by atoms with Gasteiger partial charge in [-0.25, -0.2) is 18.1 Å². The molecule has 1 amide bonds. The van der Waals surface area contributed by atoms with Crippen LogP contribution >= 0.6 is 11.3 Å². The smallest absolute Gasteiger partial charge is 0.293 e. The van der Waals surface area contributed by atoms with E-state index in [0.29, 0.717) is 5.13 Å². The summed E-state index contributed by atoms with van der Waals surface area (Å²) in [4.78, 5) is 16.5. The third-order valence-electron chi connectivity index (χ3n) is 2.84. The summed E-state index contributed by atoms with van der Waals surface area (Å²) in [5.74, 6) is -0.377. The molecule has 2 rings (SSSR count). The third kappa shape index (κ3) is 4.65. The summed E-state index contributed by atoms with van der Waals surface area (Å²) in [6.07, 6.45) is 0. The van der Waals surface area contributed by atoms with Crippen molar-refractivity contribution in [1.29, 1.82) is 0 Å². The highest BCUT2D eigenvalue weighted by Gasteiger charge is 2.26. The molecule has 0 aliphatic carbocycles. The lowest BCUT2D eigenvalue weighted by molar-refractivity contribution is 0.0991. The molecule has 0 bridgehead atoms. The van der Waals surface area contributed by atoms with Crippen molar-refractivity contribution in [1.82, 2.24) is 9.71 Å². The summed E-state index contributed by atoms with van der Waals surface area (Å²) >= 11 is 1.31. The van der Waals surface area contributed by atoms with Gasteiger partial charge in [-0.15, -0.1) is 11.3 Å². The molecule has 0 aliphatic heterocycles. The van der Waals surface area contributed by atoms with Gasteiger partial charge in [0.15, 0.2) is 10.9 Å². The minimum absolute atomic E-state index is 0.0921. The number of aromatic nitrogens is 1. The molecule has 0 radical (unpaired) electrons. The Morgan fingerprint density at radius 1 is 1.29 bits per heavy atom. The molecule has 0 atom stereocenters. The number of anilines is 1. The lowest BCUT2D eigenvalue weighted by Crippen LogP contribution is -2.40. The van der Waals surface area contributed by atoms with E-state index >= 15 is 0 Å². The Morgan fingerprint density at radius 2 is 1.96 bits per heavy atom. The fraction of sp³-hybridized carbons (Fsp3) is 0.467. The Bertz CT molecular complexity index is 829. The van der Waals surface area contributed by atoms with Gasteiger partial charge in [0.25, 0.3) is 15.9 Å². The van der Waals surface area contributed by atoms with E-state index in [4.69, 9.17) is 4.42 Å². The minimum Gasteiger partial charge on any atom is -0.438 e. The van der Waals surface area contributed by atoms with Crippen LogP contribution in [0.4, 0.5) is 5.13 Å². The number of hydrogen-bond donors (Lipinski definition) is 2. The number of sulfonamides is 1. The van der Waals surface area contributed by atoms with Crippen molar-refractivity contribution in [3.8, 4) is 0 Å². The van der Waals surface area contributed by atoms with Gasteiger partial charge in [0.05, 0.1) is 5.69 Å². The third-order valence-corrected chi connectivity index (χ3v) is 5.25. The van der Waals surface area contributed by atoms with Crippen molar-refractivity contribution in [2.24, 2.45) is 0 Å². The van der Waals surface area contributed by atoms with Gasteiger partial charge in [-0.2, -0.15) is 0 Å². The van der Waals surface area contributed by atoms with E-state index in [0.717, 1.165) is 5.69 Å². The summed E-state index contributed by atoms with van der Waals surface area (Å²) < 4.78 is 32.0. The van der Waals surface area contributed by atoms with Crippen LogP contribution in [0, 0.1) is 0 Å². The van der Waals surface area contributed by atoms with Gasteiger partial charge in [0.2, 0.25) is 5.09 Å². The number of amides is 1. The average Bonchev–Trinajstić information content (AvgIpc) is 3.04. The molecule has 24 heavy (non-hydrogen) atoms. The minimum atomic E-state index is -3.82. The summed E-state index contributed by atoms with van der Waals surface area (Å²) in [6, 6.07) is 2.58. The fourth-order valence-electron chi connectivity index (χ4n) is 1.81. The van der Waals surface area contributed by atoms with Crippen LogP contribution < -0.4 is 10.0 Å². The second-order valence-corrected chi connectivity index (χ2v) is 9.13. The molecule has 0 aliphatic rings. The number of thiazole rings is 1. The normalized spacial score (nSPS) is 12.6. The highest BCUT2D eigenvalue weighted by Crippen LogP contribution is 2.23. The van der Waals surface area contributed by atoms with Gasteiger partial charge in [0.1, 0.15) is 0 Å². The first kappa shape index (κ1) is 18.6. The van der Waals surface area contributed by atoms with E-state index in [2.05, 4.69) is 15.0 Å². The quantitative estimate of drug-likeness (QED) is 0.840. The Hall–Kier alpha value is -1.71. The summed E-state index contributed by atoms with van der Waals surface area (Å²) in [5, 5.41) is 4.61. The van der Waals surface area contributed by atoms with Crippen molar-refractivity contribution < 1.29 is 17.6 Å². The highest BCUT2D eigenvalue weighted by atomic mass is 32.2. The number of rotatable bonds is 5. The zero-order valence-corrected chi connectivity index (χ0v) is 15.8. The molecule has 2 aromatic rings. The molecule has 2 heterocycles. The monoisotopic (exact) mass is 371 g/mol. The second kappa shape index (κ2) is 6.66. The molecule has 0 unspecified atom stereocenters. The van der Waals surface area contributed by atoms with Gasteiger partial charge >= 0.3 is 0 Å². The molecular formula is C15H21N3O4S2. The van der Waals surface area contributed by atoms with Crippen LogP contribution in [0.2, 0.25) is 0 Å². The molecule has 0 saturated heterocycles. The van der Waals surface area contributed by atoms with Crippen molar-refractivity contribution >= 4 is 32.4 Å². The Labute approximate surface area is 145 Å². The van der Waals surface area contributed by atoms with Gasteiger partial charge in [-0.05, 0) is 38.8 Å². The van der Waals surface area contributed by atoms with Gasteiger partial charge in [-0.3, -0.25) is 10.1 Å². The van der Waals surface area contributed by atoms with Crippen LogP contribution in [0.1, 0.15) is 56.8 Å². The van der Waals surface area contributed by atoms with Crippen molar-refractivity contribution in [2.45, 2.75) is 51.2 Å². The Morgan fingerprint density at radius 3 is 2.50 bits per heavy atom. The maximum absolute atomic E-state index is 12.2. The predicted octanol–water partition coefficient (Wildman–Crippen LogP) is 3.19. The van der Waals surface area contributed by atoms with Crippen LogP contribution in [0.25, 0.3) is 0 Å². The zero-order chi connectivity index (χ0) is 18.1. The topological polar surface area (TPSA) is 101 Å². The van der Waals surface area contributed by atoms with Gasteiger partial charge in [0, 0.05) is 10.9 Å². The molecule has 0 spiro atoms. The first-order valence-electron chi connectivity index (χ1n) is 7.38. The molecule has 7 nitrogen and oxygen atoms in total. The summed E-state index contributed by atoms with van der Waals surface area (Å²) in [7, 11) is -3.82. The first-order valence-corrected chi connectivity index (χ1v) is 9.75. The molecule has 0 fully saturated rings. The van der Waals surface area contributed by atoms with Gasteiger partial charge < -0.3 is 4.42 Å². The molecule has 9 heteroatoms. The number of carbonyl (C=O) groups excluding carboxylic acids is 1. The fourth-order valence-corrected chi connectivity index (χ4v) is 4.03. The second-order valence-electron chi connectivity index (χ2n) is 6.66. The lowest BCUT2D eigenvalue weighted by Gasteiger charge is -2.18. The van der Waals surface area contributed by atoms with E-state index in [1.54, 1.807) is 20.8 Å². The van der Waals surface area contributed by atoms with E-state index in [1.165, 1.54) is 23.5 Å². The Balaban J connectivity index is 2.13. The van der Waals surface area contributed by atoms with E-state index in [-0.39, 0.29) is 16.8 Å². The van der Waals surface area contributed by atoms with E-state index in [1.807, 2.05) is 19.2 Å². The van der Waals surface area contributed by atoms with Crippen LogP contribution in [-0.2, 0) is 10.0 Å². The Kier molecular flexibility index (Phi) is 5.17. The number of carbonyl (C=O) groups is 1. The number of nitrogens with one attached hydrogen (secondary N) is 2. The van der Waals surface area contributed by atoms with E-state index < -0.39 is 21.5 Å². The summed E-state index contributed by atoms with van der Waals surface area (Å²) in [6.45, 7) is 9.17. The zero-order valence-electron chi connectivity index (χ0n) is 14.2.